The maximum atomic E-state index is 13.2. The molecule has 1 rings (SSSR count). The van der Waals surface area contributed by atoms with Gasteiger partial charge < -0.3 is 0 Å². The first-order valence-corrected chi connectivity index (χ1v) is 4.08. The topological polar surface area (TPSA) is 29.4 Å². The van der Waals surface area contributed by atoms with Gasteiger partial charge in [0.25, 0.3) is 0 Å². The number of hydrogen-bond acceptors (Lipinski definition) is 2. The van der Waals surface area contributed by atoms with Crippen LogP contribution < -0.4 is 0 Å². The molecule has 1 aromatic carbocycles. The van der Waals surface area contributed by atoms with Crippen LogP contribution in [0, 0.1) is 18.6 Å². The van der Waals surface area contributed by atoms with Crippen LogP contribution in [0.15, 0.2) is 17.1 Å². The van der Waals surface area contributed by atoms with Crippen LogP contribution in [0.1, 0.15) is 24.1 Å². The molecule has 0 saturated carbocycles. The number of isocyanates is 1. The third kappa shape index (κ3) is 2.03. The summed E-state index contributed by atoms with van der Waals surface area (Å²) in [7, 11) is 0. The Morgan fingerprint density at radius 3 is 2.57 bits per heavy atom. The molecule has 4 heteroatoms. The molecule has 0 bridgehead atoms. The lowest BCUT2D eigenvalue weighted by atomic mass is 10.1. The monoisotopic (exact) mass is 197 g/mol. The van der Waals surface area contributed by atoms with E-state index in [0.29, 0.717) is 0 Å². The van der Waals surface area contributed by atoms with Crippen molar-refractivity contribution in [3.05, 3.63) is 34.9 Å². The molecule has 0 radical (unpaired) electrons. The zero-order valence-corrected chi connectivity index (χ0v) is 7.84. The number of aryl methyl sites for hydroxylation is 1. The fourth-order valence-electron chi connectivity index (χ4n) is 1.13. The second-order valence-corrected chi connectivity index (χ2v) is 3.02. The Morgan fingerprint density at radius 1 is 1.36 bits per heavy atom. The van der Waals surface area contributed by atoms with Crippen molar-refractivity contribution in [2.45, 2.75) is 19.9 Å². The molecular weight excluding hydrogens is 188 g/mol. The lowest BCUT2D eigenvalue weighted by molar-refractivity contribution is 0.550. The van der Waals surface area contributed by atoms with Gasteiger partial charge in [-0.15, -0.1) is 0 Å². The Bertz CT molecular complexity index is 397. The molecule has 0 amide bonds. The van der Waals surface area contributed by atoms with Gasteiger partial charge in [0.2, 0.25) is 6.08 Å². The molecule has 0 fully saturated rings. The quantitative estimate of drug-likeness (QED) is 0.529. The van der Waals surface area contributed by atoms with Crippen molar-refractivity contribution in [2.75, 3.05) is 0 Å². The average molecular weight is 197 g/mol. The number of aliphatic imine (C=N–C) groups is 1. The summed E-state index contributed by atoms with van der Waals surface area (Å²) in [6, 6.07) is 1.43. The molecule has 1 aromatic rings. The van der Waals surface area contributed by atoms with Crippen molar-refractivity contribution in [3.8, 4) is 0 Å². The van der Waals surface area contributed by atoms with Crippen molar-refractivity contribution in [2.24, 2.45) is 4.99 Å². The SMILES string of the molecule is Cc1cc(F)c(C(C)N=C=O)cc1F. The molecule has 0 aliphatic rings. The van der Waals surface area contributed by atoms with Gasteiger partial charge in [0.15, 0.2) is 0 Å². The van der Waals surface area contributed by atoms with Crippen molar-refractivity contribution in [1.82, 2.24) is 0 Å². The Hall–Kier alpha value is -1.54. The molecule has 74 valence electrons. The van der Waals surface area contributed by atoms with E-state index >= 15 is 0 Å². The van der Waals surface area contributed by atoms with E-state index in [1.807, 2.05) is 0 Å². The molecule has 0 aliphatic carbocycles. The van der Waals surface area contributed by atoms with Crippen LogP contribution in [0.4, 0.5) is 8.78 Å². The molecule has 0 spiro atoms. The highest BCUT2D eigenvalue weighted by atomic mass is 19.1. The second-order valence-electron chi connectivity index (χ2n) is 3.02. The Kier molecular flexibility index (Phi) is 3.10. The second kappa shape index (κ2) is 4.11. The van der Waals surface area contributed by atoms with E-state index < -0.39 is 17.7 Å². The zero-order valence-electron chi connectivity index (χ0n) is 7.84. The van der Waals surface area contributed by atoms with Crippen LogP contribution in [-0.2, 0) is 4.79 Å². The summed E-state index contributed by atoms with van der Waals surface area (Å²) < 4.78 is 26.3. The van der Waals surface area contributed by atoms with E-state index in [0.717, 1.165) is 12.1 Å². The van der Waals surface area contributed by atoms with Crippen LogP contribution in [0.2, 0.25) is 0 Å². The predicted molar refractivity (Wildman–Crippen MR) is 47.6 cm³/mol. The van der Waals surface area contributed by atoms with Crippen molar-refractivity contribution in [3.63, 3.8) is 0 Å². The van der Waals surface area contributed by atoms with Crippen LogP contribution >= 0.6 is 0 Å². The van der Waals surface area contributed by atoms with E-state index in [9.17, 15) is 13.6 Å². The summed E-state index contributed by atoms with van der Waals surface area (Å²) in [5.74, 6) is -1.07. The van der Waals surface area contributed by atoms with Gasteiger partial charge in [-0.25, -0.2) is 13.6 Å². The van der Waals surface area contributed by atoms with Crippen LogP contribution in [0.25, 0.3) is 0 Å². The summed E-state index contributed by atoms with van der Waals surface area (Å²) in [6.45, 7) is 2.97. The predicted octanol–water partition coefficient (Wildman–Crippen LogP) is 2.67. The number of benzene rings is 1. The van der Waals surface area contributed by atoms with Crippen molar-refractivity contribution < 1.29 is 13.6 Å². The molecule has 0 saturated heterocycles. The molecular formula is C10H9F2NO. The van der Waals surface area contributed by atoms with Gasteiger partial charge in [-0.3, -0.25) is 0 Å². The van der Waals surface area contributed by atoms with Gasteiger partial charge in [0.1, 0.15) is 11.6 Å². The third-order valence-electron chi connectivity index (χ3n) is 1.97. The highest BCUT2D eigenvalue weighted by Gasteiger charge is 2.12. The summed E-state index contributed by atoms with van der Waals surface area (Å²) in [5, 5.41) is 0. The first-order valence-electron chi connectivity index (χ1n) is 4.08. The molecule has 2 nitrogen and oxygen atoms in total. The van der Waals surface area contributed by atoms with E-state index in [1.54, 1.807) is 0 Å². The van der Waals surface area contributed by atoms with E-state index in [2.05, 4.69) is 4.99 Å². The third-order valence-corrected chi connectivity index (χ3v) is 1.97. The Labute approximate surface area is 80.3 Å². The lowest BCUT2D eigenvalue weighted by Crippen LogP contribution is -1.97. The van der Waals surface area contributed by atoms with Gasteiger partial charge >= 0.3 is 0 Å². The van der Waals surface area contributed by atoms with E-state index in [1.165, 1.54) is 19.9 Å². The molecule has 1 unspecified atom stereocenters. The van der Waals surface area contributed by atoms with Crippen molar-refractivity contribution in [1.29, 1.82) is 0 Å². The lowest BCUT2D eigenvalue weighted by Gasteiger charge is -2.07. The van der Waals surface area contributed by atoms with Crippen LogP contribution in [-0.4, -0.2) is 6.08 Å². The Balaban J connectivity index is 3.21. The number of nitrogens with zero attached hydrogens (tertiary/aromatic N) is 1. The fourth-order valence-corrected chi connectivity index (χ4v) is 1.13. The number of halogens is 2. The van der Waals surface area contributed by atoms with Gasteiger partial charge in [-0.05, 0) is 31.5 Å². The van der Waals surface area contributed by atoms with Crippen LogP contribution in [0.3, 0.4) is 0 Å². The number of rotatable bonds is 2. The normalized spacial score (nSPS) is 12.0. The highest BCUT2D eigenvalue weighted by molar-refractivity contribution is 5.36. The minimum Gasteiger partial charge on any atom is -0.211 e. The maximum absolute atomic E-state index is 13.2. The molecule has 0 N–H and O–H groups in total. The molecule has 0 aromatic heterocycles. The number of carbonyl (C=O) groups excluding carboxylic acids is 1. The standard InChI is InChI=1S/C10H9F2NO/c1-6-3-10(12)8(4-9(6)11)7(2)13-5-14/h3-4,7H,1-2H3. The smallest absolute Gasteiger partial charge is 0.211 e. The van der Waals surface area contributed by atoms with Gasteiger partial charge in [0, 0.05) is 5.56 Å². The van der Waals surface area contributed by atoms with E-state index in [-0.39, 0.29) is 11.1 Å². The number of hydrogen-bond donors (Lipinski definition) is 0. The molecule has 1 atom stereocenters. The van der Waals surface area contributed by atoms with Gasteiger partial charge in [-0.1, -0.05) is 0 Å². The maximum Gasteiger partial charge on any atom is 0.235 e. The minimum atomic E-state index is -0.706. The van der Waals surface area contributed by atoms with Gasteiger partial charge in [0.05, 0.1) is 6.04 Å². The minimum absolute atomic E-state index is 0.0662. The first kappa shape index (κ1) is 10.5. The van der Waals surface area contributed by atoms with E-state index in [4.69, 9.17) is 0 Å². The molecule has 0 heterocycles. The summed E-state index contributed by atoms with van der Waals surface area (Å²) >= 11 is 0. The first-order chi connectivity index (χ1) is 6.56. The fraction of sp³-hybridized carbons (Fsp3) is 0.300. The Morgan fingerprint density at radius 2 is 2.00 bits per heavy atom. The zero-order chi connectivity index (χ0) is 10.7. The molecule has 0 aliphatic heterocycles. The molecule has 14 heavy (non-hydrogen) atoms. The summed E-state index contributed by atoms with van der Waals surface area (Å²) in [4.78, 5) is 13.3. The largest absolute Gasteiger partial charge is 0.235 e. The van der Waals surface area contributed by atoms with Gasteiger partial charge in [-0.2, -0.15) is 4.99 Å². The average Bonchev–Trinajstić information content (AvgIpc) is 2.11. The highest BCUT2D eigenvalue weighted by Crippen LogP contribution is 2.22. The summed E-state index contributed by atoms with van der Waals surface area (Å²) in [6.07, 6.45) is 1.31. The van der Waals surface area contributed by atoms with Crippen molar-refractivity contribution >= 4 is 6.08 Å². The van der Waals surface area contributed by atoms with Crippen LogP contribution in [0.5, 0.6) is 0 Å². The summed E-state index contributed by atoms with van der Waals surface area (Å²) in [5.41, 5.74) is 0.296.